The maximum absolute atomic E-state index is 12.2. The molecule has 0 spiro atoms. The van der Waals surface area contributed by atoms with Gasteiger partial charge in [-0.25, -0.2) is 9.69 Å². The highest BCUT2D eigenvalue weighted by atomic mass is 32.1. The quantitative estimate of drug-likeness (QED) is 0.851. The third-order valence-electron chi connectivity index (χ3n) is 3.54. The number of carbonyl (C=O) groups is 3. The van der Waals surface area contributed by atoms with Crippen molar-refractivity contribution in [2.24, 2.45) is 5.41 Å². The molecule has 20 heavy (non-hydrogen) atoms. The van der Waals surface area contributed by atoms with Gasteiger partial charge in [0.05, 0.1) is 5.56 Å². The Balaban J connectivity index is 2.52. The molecule has 0 unspecified atom stereocenters. The first-order valence-corrected chi connectivity index (χ1v) is 7.15. The molecule has 1 aliphatic heterocycles. The monoisotopic (exact) mass is 295 g/mol. The molecule has 0 saturated carbocycles. The molecule has 1 N–H and O–H groups in total. The average Bonchev–Trinajstić information content (AvgIpc) is 2.51. The molecule has 0 atom stereocenters. The highest BCUT2D eigenvalue weighted by Gasteiger charge is 2.40. The Morgan fingerprint density at radius 3 is 2.15 bits per heavy atom. The van der Waals surface area contributed by atoms with Crippen LogP contribution in [0.25, 0.3) is 0 Å². The van der Waals surface area contributed by atoms with Crippen molar-refractivity contribution in [2.75, 3.05) is 4.90 Å². The largest absolute Gasteiger partial charge is 0.478 e. The van der Waals surface area contributed by atoms with E-state index in [1.807, 2.05) is 13.8 Å². The summed E-state index contributed by atoms with van der Waals surface area (Å²) in [6.45, 7) is 7.22. The fourth-order valence-electron chi connectivity index (χ4n) is 2.42. The van der Waals surface area contributed by atoms with E-state index >= 15 is 0 Å². The second-order valence-electron chi connectivity index (χ2n) is 5.91. The van der Waals surface area contributed by atoms with Gasteiger partial charge in [0.1, 0.15) is 5.00 Å². The van der Waals surface area contributed by atoms with Gasteiger partial charge in [-0.3, -0.25) is 9.59 Å². The van der Waals surface area contributed by atoms with Gasteiger partial charge in [-0.2, -0.15) is 0 Å². The van der Waals surface area contributed by atoms with E-state index in [2.05, 4.69) is 0 Å². The molecule has 0 radical (unpaired) electrons. The van der Waals surface area contributed by atoms with Crippen LogP contribution in [-0.4, -0.2) is 22.9 Å². The average molecular weight is 295 g/mol. The van der Waals surface area contributed by atoms with Gasteiger partial charge in [-0.15, -0.1) is 11.3 Å². The lowest BCUT2D eigenvalue weighted by Crippen LogP contribution is -2.46. The van der Waals surface area contributed by atoms with Crippen LogP contribution in [0.3, 0.4) is 0 Å². The molecule has 1 aliphatic rings. The van der Waals surface area contributed by atoms with Crippen LogP contribution >= 0.6 is 11.3 Å². The predicted octanol–water partition coefficient (Wildman–Crippen LogP) is 2.74. The second kappa shape index (κ2) is 4.70. The summed E-state index contributed by atoms with van der Waals surface area (Å²) in [5, 5.41) is 9.57. The van der Waals surface area contributed by atoms with Crippen LogP contribution in [0.15, 0.2) is 0 Å². The second-order valence-corrected chi connectivity index (χ2v) is 7.11. The van der Waals surface area contributed by atoms with Crippen molar-refractivity contribution in [3.63, 3.8) is 0 Å². The van der Waals surface area contributed by atoms with Crippen molar-refractivity contribution in [3.8, 4) is 0 Å². The molecule has 1 fully saturated rings. The number of thiophene rings is 1. The van der Waals surface area contributed by atoms with Crippen molar-refractivity contribution in [2.45, 2.75) is 40.5 Å². The Kier molecular flexibility index (Phi) is 3.46. The summed E-state index contributed by atoms with van der Waals surface area (Å²) < 4.78 is 0. The van der Waals surface area contributed by atoms with Gasteiger partial charge < -0.3 is 5.11 Å². The Hall–Kier alpha value is -1.69. The first-order chi connectivity index (χ1) is 9.14. The highest BCUT2D eigenvalue weighted by Crippen LogP contribution is 2.40. The third kappa shape index (κ3) is 2.35. The molecule has 108 valence electrons. The molecule has 1 aromatic heterocycles. The molecular weight excluding hydrogens is 278 g/mol. The molecule has 1 aromatic rings. The summed E-state index contributed by atoms with van der Waals surface area (Å²) in [7, 11) is 0. The summed E-state index contributed by atoms with van der Waals surface area (Å²) in [5.74, 6) is -1.75. The zero-order chi connectivity index (χ0) is 15.2. The van der Waals surface area contributed by atoms with Gasteiger partial charge in [0.25, 0.3) is 0 Å². The maximum Gasteiger partial charge on any atom is 0.339 e. The molecule has 2 rings (SSSR count). The number of amides is 2. The minimum Gasteiger partial charge on any atom is -0.478 e. The van der Waals surface area contributed by atoms with E-state index in [-0.39, 0.29) is 40.6 Å². The van der Waals surface area contributed by atoms with E-state index in [4.69, 9.17) is 0 Å². The van der Waals surface area contributed by atoms with Crippen molar-refractivity contribution < 1.29 is 19.5 Å². The minimum atomic E-state index is -1.10. The summed E-state index contributed by atoms with van der Waals surface area (Å²) in [6, 6.07) is 0. The smallest absolute Gasteiger partial charge is 0.339 e. The highest BCUT2D eigenvalue weighted by molar-refractivity contribution is 7.17. The van der Waals surface area contributed by atoms with Crippen LogP contribution in [0, 0.1) is 19.3 Å². The predicted molar refractivity (Wildman–Crippen MR) is 76.3 cm³/mol. The van der Waals surface area contributed by atoms with Gasteiger partial charge in [0, 0.05) is 17.7 Å². The van der Waals surface area contributed by atoms with E-state index < -0.39 is 5.97 Å². The lowest BCUT2D eigenvalue weighted by molar-refractivity contribution is -0.132. The first kappa shape index (κ1) is 14.7. The SMILES string of the molecule is Cc1sc(N2C(=O)CC(C)(C)CC2=O)c(C(=O)O)c1C. The number of anilines is 1. The summed E-state index contributed by atoms with van der Waals surface area (Å²) >= 11 is 1.19. The fourth-order valence-corrected chi connectivity index (χ4v) is 3.61. The van der Waals surface area contributed by atoms with E-state index in [1.165, 1.54) is 11.3 Å². The minimum absolute atomic E-state index is 0.0638. The number of nitrogens with zero attached hydrogens (tertiary/aromatic N) is 1. The van der Waals surface area contributed by atoms with Crippen molar-refractivity contribution in [1.82, 2.24) is 0 Å². The molecule has 1 saturated heterocycles. The van der Waals surface area contributed by atoms with Crippen LogP contribution in [0.1, 0.15) is 47.5 Å². The lowest BCUT2D eigenvalue weighted by Gasteiger charge is -2.34. The number of aromatic carboxylic acids is 1. The molecule has 0 aromatic carbocycles. The molecule has 2 heterocycles. The van der Waals surface area contributed by atoms with E-state index in [0.29, 0.717) is 5.56 Å². The number of imide groups is 1. The molecular formula is C14H17NO4S. The third-order valence-corrected chi connectivity index (χ3v) is 4.73. The zero-order valence-electron chi connectivity index (χ0n) is 11.9. The van der Waals surface area contributed by atoms with E-state index in [1.54, 1.807) is 13.8 Å². The van der Waals surface area contributed by atoms with Gasteiger partial charge in [0.2, 0.25) is 11.8 Å². The Morgan fingerprint density at radius 1 is 1.20 bits per heavy atom. The summed E-state index contributed by atoms with van der Waals surface area (Å²) in [6.07, 6.45) is 0.488. The number of hydrogen-bond donors (Lipinski definition) is 1. The molecule has 0 aliphatic carbocycles. The Morgan fingerprint density at radius 2 is 1.70 bits per heavy atom. The van der Waals surface area contributed by atoms with Gasteiger partial charge >= 0.3 is 5.97 Å². The lowest BCUT2D eigenvalue weighted by atomic mass is 9.82. The summed E-state index contributed by atoms with van der Waals surface area (Å²) in [5.41, 5.74) is 0.312. The zero-order valence-corrected chi connectivity index (χ0v) is 12.8. The van der Waals surface area contributed by atoms with E-state index in [0.717, 1.165) is 9.78 Å². The van der Waals surface area contributed by atoms with E-state index in [9.17, 15) is 19.5 Å². The number of piperidine rings is 1. The van der Waals surface area contributed by atoms with Crippen molar-refractivity contribution >= 4 is 34.1 Å². The number of carbonyl (C=O) groups excluding carboxylic acids is 2. The maximum atomic E-state index is 12.2. The Labute approximate surface area is 121 Å². The van der Waals surface area contributed by atoms with Crippen LogP contribution in [-0.2, 0) is 9.59 Å². The molecule has 5 nitrogen and oxygen atoms in total. The number of carboxylic acids is 1. The fraction of sp³-hybridized carbons (Fsp3) is 0.500. The number of carboxylic acid groups (broad SMARTS) is 1. The number of rotatable bonds is 2. The van der Waals surface area contributed by atoms with Gasteiger partial charge in [-0.05, 0) is 24.8 Å². The molecule has 0 bridgehead atoms. The van der Waals surface area contributed by atoms with Crippen LogP contribution in [0.5, 0.6) is 0 Å². The number of hydrogen-bond acceptors (Lipinski definition) is 4. The summed E-state index contributed by atoms with van der Waals surface area (Å²) in [4.78, 5) is 37.7. The van der Waals surface area contributed by atoms with Crippen molar-refractivity contribution in [1.29, 1.82) is 0 Å². The molecule has 2 amide bonds. The van der Waals surface area contributed by atoms with Gasteiger partial charge in [0.15, 0.2) is 0 Å². The van der Waals surface area contributed by atoms with Crippen molar-refractivity contribution in [3.05, 3.63) is 16.0 Å². The molecule has 6 heteroatoms. The van der Waals surface area contributed by atoms with Crippen LogP contribution in [0.4, 0.5) is 5.00 Å². The standard InChI is InChI=1S/C14H17NO4S/c1-7-8(2)20-12(11(7)13(18)19)15-9(16)5-14(3,4)6-10(15)17/h5-6H2,1-4H3,(H,18,19). The van der Waals surface area contributed by atoms with Crippen LogP contribution < -0.4 is 4.90 Å². The number of aryl methyl sites for hydroxylation is 1. The first-order valence-electron chi connectivity index (χ1n) is 6.33. The van der Waals surface area contributed by atoms with Crippen LogP contribution in [0.2, 0.25) is 0 Å². The normalized spacial score (nSPS) is 18.5. The Bertz CT molecular complexity index is 595. The van der Waals surface area contributed by atoms with Gasteiger partial charge in [-0.1, -0.05) is 13.8 Å². The topological polar surface area (TPSA) is 74.7 Å².